The normalized spacial score (nSPS) is 14.7. The van der Waals surface area contributed by atoms with Gasteiger partial charge in [0.1, 0.15) is 5.84 Å². The zero-order valence-corrected chi connectivity index (χ0v) is 20.3. The zero-order chi connectivity index (χ0) is 22.2. The van der Waals surface area contributed by atoms with Crippen LogP contribution in [0.4, 0.5) is 11.4 Å². The number of hydrogen-bond donors (Lipinski definition) is 4. The first kappa shape index (κ1) is 25.9. The van der Waals surface area contributed by atoms with Gasteiger partial charge in [0.15, 0.2) is 6.04 Å². The van der Waals surface area contributed by atoms with Crippen LogP contribution in [0.25, 0.3) is 0 Å². The molecular weight excluding hydrogens is 444 g/mol. The lowest BCUT2D eigenvalue weighted by molar-refractivity contribution is -0.144. The van der Waals surface area contributed by atoms with E-state index in [2.05, 4.69) is 35.8 Å². The summed E-state index contributed by atoms with van der Waals surface area (Å²) in [4.78, 5) is 12.9. The van der Waals surface area contributed by atoms with Crippen molar-refractivity contribution < 1.29 is 9.53 Å². The SMILES string of the molecule is CCOC(=O)C(Nc1ccc(C(=N)N)cc1)c1cc(CC)cc(NC2CCSCC2)c1.Cl. The smallest absolute Gasteiger partial charge is 0.333 e. The van der Waals surface area contributed by atoms with Gasteiger partial charge in [0, 0.05) is 23.0 Å². The summed E-state index contributed by atoms with van der Waals surface area (Å²) < 4.78 is 5.38. The van der Waals surface area contributed by atoms with Crippen LogP contribution in [0.1, 0.15) is 49.4 Å². The number of anilines is 2. The quantitative estimate of drug-likeness (QED) is 0.231. The second-order valence-corrected chi connectivity index (χ2v) is 8.89. The predicted molar refractivity (Wildman–Crippen MR) is 137 cm³/mol. The van der Waals surface area contributed by atoms with Gasteiger partial charge in [0.2, 0.25) is 0 Å². The van der Waals surface area contributed by atoms with Crippen molar-refractivity contribution in [2.24, 2.45) is 5.73 Å². The van der Waals surface area contributed by atoms with Gasteiger partial charge in [-0.2, -0.15) is 11.8 Å². The number of amidine groups is 1. The van der Waals surface area contributed by atoms with Gasteiger partial charge in [0.05, 0.1) is 6.61 Å². The van der Waals surface area contributed by atoms with Gasteiger partial charge < -0.3 is 21.1 Å². The Bertz CT molecular complexity index is 901. The fourth-order valence-electron chi connectivity index (χ4n) is 3.67. The lowest BCUT2D eigenvalue weighted by Gasteiger charge is -2.25. The van der Waals surface area contributed by atoms with Gasteiger partial charge in [-0.25, -0.2) is 4.79 Å². The van der Waals surface area contributed by atoms with Gasteiger partial charge in [0.25, 0.3) is 0 Å². The molecule has 1 aliphatic rings. The second-order valence-electron chi connectivity index (χ2n) is 7.67. The number of nitrogen functional groups attached to an aromatic ring is 1. The average Bonchev–Trinajstić information content (AvgIpc) is 2.78. The van der Waals surface area contributed by atoms with Crippen LogP contribution in [0, 0.1) is 5.41 Å². The largest absolute Gasteiger partial charge is 0.464 e. The average molecular weight is 477 g/mol. The Morgan fingerprint density at radius 1 is 1.16 bits per heavy atom. The van der Waals surface area contributed by atoms with Crippen molar-refractivity contribution in [3.05, 3.63) is 59.2 Å². The van der Waals surface area contributed by atoms with E-state index in [4.69, 9.17) is 15.9 Å². The lowest BCUT2D eigenvalue weighted by Crippen LogP contribution is -2.26. The first-order valence-corrected chi connectivity index (χ1v) is 12.0. The summed E-state index contributed by atoms with van der Waals surface area (Å²) in [5.74, 6) is 2.06. The van der Waals surface area contributed by atoms with Crippen LogP contribution in [0.2, 0.25) is 0 Å². The molecule has 5 N–H and O–H groups in total. The number of benzene rings is 2. The fraction of sp³-hybridized carbons (Fsp3) is 0.417. The molecule has 8 heteroatoms. The van der Waals surface area contributed by atoms with Gasteiger partial charge >= 0.3 is 5.97 Å². The molecule has 0 amide bonds. The number of aryl methyl sites for hydroxylation is 1. The summed E-state index contributed by atoms with van der Waals surface area (Å²) >= 11 is 2.01. The molecular formula is C24H33ClN4O2S. The maximum absolute atomic E-state index is 12.9. The third-order valence-electron chi connectivity index (χ3n) is 5.38. The summed E-state index contributed by atoms with van der Waals surface area (Å²) in [6.45, 7) is 4.25. The van der Waals surface area contributed by atoms with Crippen molar-refractivity contribution in [1.82, 2.24) is 0 Å². The highest BCUT2D eigenvalue weighted by Crippen LogP contribution is 2.28. The van der Waals surface area contributed by atoms with Crippen LogP contribution in [0.3, 0.4) is 0 Å². The van der Waals surface area contributed by atoms with E-state index in [0.29, 0.717) is 18.2 Å². The molecule has 0 aliphatic carbocycles. The third kappa shape index (κ3) is 7.07. The standard InChI is InChI=1S/C24H32N4O2S.ClH/c1-3-16-13-18(15-21(14-16)27-20-9-11-31-12-10-20)22(24(29)30-4-2)28-19-7-5-17(6-8-19)23(25)26;/h5-8,13-15,20,22,27-28H,3-4,9-12H2,1-2H3,(H3,25,26);1H. The van der Waals surface area contributed by atoms with Crippen molar-refractivity contribution in [1.29, 1.82) is 5.41 Å². The van der Waals surface area contributed by atoms with Crippen molar-refractivity contribution in [2.75, 3.05) is 28.7 Å². The first-order chi connectivity index (χ1) is 15.0. The molecule has 0 bridgehead atoms. The van der Waals surface area contributed by atoms with E-state index >= 15 is 0 Å². The maximum Gasteiger partial charge on any atom is 0.333 e. The van der Waals surface area contributed by atoms with Gasteiger partial charge in [-0.15, -0.1) is 12.4 Å². The molecule has 6 nitrogen and oxygen atoms in total. The van der Waals surface area contributed by atoms with E-state index in [1.54, 1.807) is 12.1 Å². The monoisotopic (exact) mass is 476 g/mol. The van der Waals surface area contributed by atoms with Gasteiger partial charge in [-0.05, 0) is 85.2 Å². The molecule has 1 heterocycles. The van der Waals surface area contributed by atoms with E-state index < -0.39 is 6.04 Å². The number of nitrogens with two attached hydrogens (primary N) is 1. The molecule has 1 aliphatic heterocycles. The van der Waals surface area contributed by atoms with Crippen molar-refractivity contribution in [3.8, 4) is 0 Å². The number of carbonyl (C=O) groups is 1. The molecule has 3 rings (SSSR count). The van der Waals surface area contributed by atoms with E-state index in [0.717, 1.165) is 36.2 Å². The Morgan fingerprint density at radius 3 is 2.44 bits per heavy atom. The Hall–Kier alpha value is -2.38. The third-order valence-corrected chi connectivity index (χ3v) is 6.43. The van der Waals surface area contributed by atoms with Crippen molar-refractivity contribution in [2.45, 2.75) is 45.2 Å². The van der Waals surface area contributed by atoms with Crippen LogP contribution >= 0.6 is 24.2 Å². The van der Waals surface area contributed by atoms with Crippen LogP contribution in [-0.2, 0) is 16.0 Å². The molecule has 1 atom stereocenters. The summed E-state index contributed by atoms with van der Waals surface area (Å²) in [5.41, 5.74) is 10.1. The number of thioether (sulfide) groups is 1. The number of halogens is 1. The number of nitrogens with one attached hydrogen (secondary N) is 3. The summed E-state index contributed by atoms with van der Waals surface area (Å²) in [7, 11) is 0. The van der Waals surface area contributed by atoms with Crippen molar-refractivity contribution >= 4 is 47.3 Å². The van der Waals surface area contributed by atoms with Crippen LogP contribution < -0.4 is 16.4 Å². The minimum Gasteiger partial charge on any atom is -0.464 e. The Morgan fingerprint density at radius 2 is 1.84 bits per heavy atom. The number of hydrogen-bond acceptors (Lipinski definition) is 6. The van der Waals surface area contributed by atoms with Crippen molar-refractivity contribution in [3.63, 3.8) is 0 Å². The molecule has 1 unspecified atom stereocenters. The lowest BCUT2D eigenvalue weighted by atomic mass is 10.00. The molecule has 2 aromatic carbocycles. The summed E-state index contributed by atoms with van der Waals surface area (Å²) in [6.07, 6.45) is 3.18. The highest BCUT2D eigenvalue weighted by Gasteiger charge is 2.24. The highest BCUT2D eigenvalue weighted by atomic mass is 35.5. The molecule has 0 aromatic heterocycles. The molecule has 2 aromatic rings. The van der Waals surface area contributed by atoms with E-state index in [9.17, 15) is 4.79 Å². The van der Waals surface area contributed by atoms with Crippen LogP contribution in [-0.4, -0.2) is 36.0 Å². The summed E-state index contributed by atoms with van der Waals surface area (Å²) in [5, 5.41) is 14.5. The predicted octanol–water partition coefficient (Wildman–Crippen LogP) is 4.98. The van der Waals surface area contributed by atoms with Crippen LogP contribution in [0.5, 0.6) is 0 Å². The molecule has 32 heavy (non-hydrogen) atoms. The topological polar surface area (TPSA) is 100 Å². The fourth-order valence-corrected chi connectivity index (χ4v) is 4.77. The molecule has 0 saturated carbocycles. The molecule has 174 valence electrons. The van der Waals surface area contributed by atoms with Gasteiger partial charge in [-0.3, -0.25) is 5.41 Å². The van der Waals surface area contributed by atoms with E-state index in [1.807, 2.05) is 30.8 Å². The van der Waals surface area contributed by atoms with Gasteiger partial charge in [-0.1, -0.05) is 13.0 Å². The number of carbonyl (C=O) groups excluding carboxylic acids is 1. The minimum absolute atomic E-state index is 0. The summed E-state index contributed by atoms with van der Waals surface area (Å²) in [6, 6.07) is 13.3. The number of ether oxygens (including phenoxy) is 1. The number of rotatable bonds is 9. The molecule has 1 saturated heterocycles. The Labute approximate surface area is 201 Å². The molecule has 0 spiro atoms. The second kappa shape index (κ2) is 12.6. The minimum atomic E-state index is -0.628. The van der Waals surface area contributed by atoms with Crippen LogP contribution in [0.15, 0.2) is 42.5 Å². The first-order valence-electron chi connectivity index (χ1n) is 10.9. The molecule has 1 fully saturated rings. The molecule has 0 radical (unpaired) electrons. The highest BCUT2D eigenvalue weighted by molar-refractivity contribution is 7.99. The van der Waals surface area contributed by atoms with E-state index in [-0.39, 0.29) is 24.2 Å². The maximum atomic E-state index is 12.9. The zero-order valence-electron chi connectivity index (χ0n) is 18.6. The Kier molecular flexibility index (Phi) is 10.2. The Balaban J connectivity index is 0.00000363. The number of esters is 1. The van der Waals surface area contributed by atoms with E-state index in [1.165, 1.54) is 17.1 Å².